The molecule has 3 N–H and O–H groups in total. The van der Waals surface area contributed by atoms with Gasteiger partial charge in [-0.15, -0.1) is 0 Å². The van der Waals surface area contributed by atoms with Crippen molar-refractivity contribution in [3.8, 4) is 5.75 Å². The van der Waals surface area contributed by atoms with E-state index in [0.717, 1.165) is 4.47 Å². The van der Waals surface area contributed by atoms with Crippen LogP contribution in [0.2, 0.25) is 0 Å². The fourth-order valence-corrected chi connectivity index (χ4v) is 2.58. The number of carbonyl (C=O) groups excluding carboxylic acids is 2. The number of carboxylic acids is 1. The minimum Gasteiger partial charge on any atom is -0.481 e. The van der Waals surface area contributed by atoms with Gasteiger partial charge in [-0.25, -0.2) is 4.79 Å². The van der Waals surface area contributed by atoms with E-state index in [2.05, 4.69) is 26.8 Å². The topological polar surface area (TPSA) is 105 Å². The van der Waals surface area contributed by atoms with E-state index in [-0.39, 0.29) is 11.1 Å². The van der Waals surface area contributed by atoms with Crippen molar-refractivity contribution in [2.24, 2.45) is 0 Å². The van der Waals surface area contributed by atoms with Crippen LogP contribution in [0, 0.1) is 0 Å². The summed E-state index contributed by atoms with van der Waals surface area (Å²) in [7, 11) is 0. The van der Waals surface area contributed by atoms with E-state index in [1.807, 2.05) is 6.92 Å². The molecule has 0 aliphatic carbocycles. The third-order valence-electron chi connectivity index (χ3n) is 3.64. The van der Waals surface area contributed by atoms with Crippen molar-refractivity contribution in [3.05, 3.63) is 64.1 Å². The van der Waals surface area contributed by atoms with Gasteiger partial charge in [-0.3, -0.25) is 20.4 Å². The van der Waals surface area contributed by atoms with Crippen LogP contribution in [0.15, 0.2) is 53.0 Å². The molecule has 2 aromatic carbocycles. The number of amides is 2. The molecule has 0 aliphatic rings. The summed E-state index contributed by atoms with van der Waals surface area (Å²) < 4.78 is 6.58. The van der Waals surface area contributed by atoms with Crippen LogP contribution in [-0.2, 0) is 4.79 Å². The molecule has 2 rings (SSSR count). The highest BCUT2D eigenvalue weighted by Crippen LogP contribution is 2.18. The summed E-state index contributed by atoms with van der Waals surface area (Å²) in [5, 5.41) is 9.14. The van der Waals surface area contributed by atoms with Gasteiger partial charge in [-0.1, -0.05) is 41.4 Å². The van der Waals surface area contributed by atoms with Gasteiger partial charge in [0.1, 0.15) is 5.75 Å². The molecule has 0 saturated heterocycles. The monoisotopic (exact) mass is 434 g/mol. The number of halogens is 1. The summed E-state index contributed by atoms with van der Waals surface area (Å²) in [6.45, 7) is 1.91. The SMILES string of the molecule is CCCC(Oc1ccc(Br)cc1)C(=O)NNC(=O)c1ccccc1C(=O)O. The molecule has 0 aromatic heterocycles. The fraction of sp³-hybridized carbons (Fsp3) is 0.211. The lowest BCUT2D eigenvalue weighted by Crippen LogP contribution is -2.48. The Morgan fingerprint density at radius 1 is 1.04 bits per heavy atom. The molecule has 0 spiro atoms. The Balaban J connectivity index is 2.02. The van der Waals surface area contributed by atoms with E-state index in [1.54, 1.807) is 30.3 Å². The van der Waals surface area contributed by atoms with Crippen LogP contribution < -0.4 is 15.6 Å². The molecule has 142 valence electrons. The number of hydrazine groups is 1. The third-order valence-corrected chi connectivity index (χ3v) is 4.17. The molecular formula is C19H19BrN2O5. The number of carbonyl (C=O) groups is 3. The van der Waals surface area contributed by atoms with Gasteiger partial charge in [-0.05, 0) is 42.8 Å². The molecule has 0 saturated carbocycles. The molecule has 2 aromatic rings. The van der Waals surface area contributed by atoms with Gasteiger partial charge in [0.25, 0.3) is 11.8 Å². The Bertz CT molecular complexity index is 823. The zero-order chi connectivity index (χ0) is 19.8. The second kappa shape index (κ2) is 9.72. The fourth-order valence-electron chi connectivity index (χ4n) is 2.32. The van der Waals surface area contributed by atoms with Gasteiger partial charge in [-0.2, -0.15) is 0 Å². The number of carboxylic acid groups (broad SMARTS) is 1. The molecule has 8 heteroatoms. The quantitative estimate of drug-likeness (QED) is 0.580. The average molecular weight is 435 g/mol. The number of hydrogen-bond acceptors (Lipinski definition) is 4. The number of aromatic carboxylic acids is 1. The molecule has 2 amide bonds. The first-order chi connectivity index (χ1) is 12.9. The molecule has 7 nitrogen and oxygen atoms in total. The van der Waals surface area contributed by atoms with E-state index < -0.39 is 23.9 Å². The minimum absolute atomic E-state index is 0.0498. The summed E-state index contributed by atoms with van der Waals surface area (Å²) >= 11 is 3.33. The highest BCUT2D eigenvalue weighted by Gasteiger charge is 2.21. The van der Waals surface area contributed by atoms with Crippen molar-refractivity contribution in [1.82, 2.24) is 10.9 Å². The van der Waals surface area contributed by atoms with Crippen LogP contribution in [0.1, 0.15) is 40.5 Å². The van der Waals surface area contributed by atoms with Crippen LogP contribution >= 0.6 is 15.9 Å². The van der Waals surface area contributed by atoms with Crippen LogP contribution in [0.5, 0.6) is 5.75 Å². The number of rotatable bonds is 7. The van der Waals surface area contributed by atoms with Crippen LogP contribution in [0.25, 0.3) is 0 Å². The summed E-state index contributed by atoms with van der Waals surface area (Å²) in [5.74, 6) is -1.95. The molecule has 1 unspecified atom stereocenters. The summed E-state index contributed by atoms with van der Waals surface area (Å²) in [6, 6.07) is 12.8. The van der Waals surface area contributed by atoms with Crippen LogP contribution in [-0.4, -0.2) is 29.0 Å². The summed E-state index contributed by atoms with van der Waals surface area (Å²) in [4.78, 5) is 35.8. The van der Waals surface area contributed by atoms with E-state index >= 15 is 0 Å². The predicted octanol–water partition coefficient (Wildman–Crippen LogP) is 3.16. The number of ether oxygens (including phenoxy) is 1. The lowest BCUT2D eigenvalue weighted by atomic mass is 10.1. The van der Waals surface area contributed by atoms with Crippen LogP contribution in [0.4, 0.5) is 0 Å². The van der Waals surface area contributed by atoms with E-state index in [9.17, 15) is 14.4 Å². The summed E-state index contributed by atoms with van der Waals surface area (Å²) in [5.41, 5.74) is 4.33. The number of nitrogens with one attached hydrogen (secondary N) is 2. The van der Waals surface area contributed by atoms with Crippen molar-refractivity contribution in [1.29, 1.82) is 0 Å². The zero-order valence-corrected chi connectivity index (χ0v) is 16.2. The van der Waals surface area contributed by atoms with Gasteiger partial charge < -0.3 is 9.84 Å². The first kappa shape index (κ1) is 20.4. The average Bonchev–Trinajstić information content (AvgIpc) is 2.67. The minimum atomic E-state index is -1.23. The van der Waals surface area contributed by atoms with Gasteiger partial charge >= 0.3 is 5.97 Å². The Labute approximate surface area is 164 Å². The first-order valence-corrected chi connectivity index (χ1v) is 9.06. The smallest absolute Gasteiger partial charge is 0.336 e. The van der Waals surface area contributed by atoms with Crippen molar-refractivity contribution in [3.63, 3.8) is 0 Å². The molecule has 0 heterocycles. The molecule has 0 radical (unpaired) electrons. The molecule has 0 fully saturated rings. The van der Waals surface area contributed by atoms with E-state index in [0.29, 0.717) is 18.6 Å². The summed E-state index contributed by atoms with van der Waals surface area (Å²) in [6.07, 6.45) is 0.347. The van der Waals surface area contributed by atoms with Gasteiger partial charge in [0.05, 0.1) is 11.1 Å². The lowest BCUT2D eigenvalue weighted by Gasteiger charge is -2.18. The standard InChI is InChI=1S/C19H19BrN2O5/c1-2-5-16(27-13-10-8-12(20)9-11-13)18(24)22-21-17(23)14-6-3-4-7-15(14)19(25)26/h3-4,6-11,16H,2,5H2,1H3,(H,21,23)(H,22,24)(H,25,26). The Kier molecular flexibility index (Phi) is 7.36. The largest absolute Gasteiger partial charge is 0.481 e. The van der Waals surface area contributed by atoms with E-state index in [1.165, 1.54) is 18.2 Å². The predicted molar refractivity (Wildman–Crippen MR) is 102 cm³/mol. The van der Waals surface area contributed by atoms with E-state index in [4.69, 9.17) is 9.84 Å². The zero-order valence-electron chi connectivity index (χ0n) is 14.6. The van der Waals surface area contributed by atoms with Gasteiger partial charge in [0, 0.05) is 4.47 Å². The van der Waals surface area contributed by atoms with Crippen LogP contribution in [0.3, 0.4) is 0 Å². The molecule has 0 aliphatic heterocycles. The van der Waals surface area contributed by atoms with Crippen molar-refractivity contribution in [2.75, 3.05) is 0 Å². The third kappa shape index (κ3) is 5.82. The second-order valence-electron chi connectivity index (χ2n) is 5.64. The maximum Gasteiger partial charge on any atom is 0.336 e. The normalized spacial score (nSPS) is 11.3. The Morgan fingerprint density at radius 2 is 1.67 bits per heavy atom. The van der Waals surface area contributed by atoms with Gasteiger partial charge in [0.15, 0.2) is 6.10 Å². The lowest BCUT2D eigenvalue weighted by molar-refractivity contribution is -0.129. The van der Waals surface area contributed by atoms with Crippen molar-refractivity contribution >= 4 is 33.7 Å². The second-order valence-corrected chi connectivity index (χ2v) is 6.56. The highest BCUT2D eigenvalue weighted by atomic mass is 79.9. The maximum absolute atomic E-state index is 12.4. The molecule has 0 bridgehead atoms. The van der Waals surface area contributed by atoms with Crippen molar-refractivity contribution in [2.45, 2.75) is 25.9 Å². The number of benzene rings is 2. The number of hydrogen-bond donors (Lipinski definition) is 3. The Hall–Kier alpha value is -2.87. The molecular weight excluding hydrogens is 416 g/mol. The van der Waals surface area contributed by atoms with Gasteiger partial charge in [0.2, 0.25) is 0 Å². The Morgan fingerprint density at radius 3 is 2.26 bits per heavy atom. The molecule has 27 heavy (non-hydrogen) atoms. The van der Waals surface area contributed by atoms with Crippen molar-refractivity contribution < 1.29 is 24.2 Å². The molecule has 1 atom stereocenters. The maximum atomic E-state index is 12.4. The highest BCUT2D eigenvalue weighted by molar-refractivity contribution is 9.10. The first-order valence-electron chi connectivity index (χ1n) is 8.27.